The van der Waals surface area contributed by atoms with Gasteiger partial charge in [-0.1, -0.05) is 24.3 Å². The summed E-state index contributed by atoms with van der Waals surface area (Å²) in [4.78, 5) is 16.9. The largest absolute Gasteiger partial charge is 0.352 e. The van der Waals surface area contributed by atoms with Crippen molar-refractivity contribution in [3.63, 3.8) is 0 Å². The van der Waals surface area contributed by atoms with Crippen LogP contribution in [-0.2, 0) is 23.1 Å². The van der Waals surface area contributed by atoms with Crippen molar-refractivity contribution in [3.8, 4) is 0 Å². The van der Waals surface area contributed by atoms with Gasteiger partial charge in [0.1, 0.15) is 5.82 Å². The van der Waals surface area contributed by atoms with Crippen molar-refractivity contribution >= 4 is 27.7 Å². The van der Waals surface area contributed by atoms with Crippen molar-refractivity contribution in [2.45, 2.75) is 25.6 Å². The topological polar surface area (TPSA) is 64.0 Å². The van der Waals surface area contributed by atoms with E-state index in [1.165, 1.54) is 0 Å². The number of hydrogen-bond acceptors (Lipinski definition) is 3. The molecule has 1 amide bonds. The Morgan fingerprint density at radius 1 is 1.19 bits per heavy atom. The van der Waals surface area contributed by atoms with Gasteiger partial charge in [0.05, 0.1) is 11.0 Å². The summed E-state index contributed by atoms with van der Waals surface area (Å²) in [5, 5.41) is 2.96. The smallest absolute Gasteiger partial charge is 0.251 e. The normalized spacial score (nSPS) is 12.2. The molecule has 1 aromatic heterocycles. The number of benzene rings is 2. The lowest BCUT2D eigenvalue weighted by Gasteiger charge is -2.09. The molecular formula is C20H23N3O2S. The Morgan fingerprint density at radius 3 is 2.81 bits per heavy atom. The Kier molecular flexibility index (Phi) is 5.83. The van der Waals surface area contributed by atoms with E-state index in [0.29, 0.717) is 17.9 Å². The van der Waals surface area contributed by atoms with Crippen molar-refractivity contribution in [1.29, 1.82) is 0 Å². The first kappa shape index (κ1) is 18.3. The van der Waals surface area contributed by atoms with E-state index in [-0.39, 0.29) is 5.91 Å². The molecule has 136 valence electrons. The zero-order valence-corrected chi connectivity index (χ0v) is 15.9. The summed E-state index contributed by atoms with van der Waals surface area (Å²) in [7, 11) is -0.916. The number of rotatable bonds is 7. The fraction of sp³-hybridized carbons (Fsp3) is 0.300. The Bertz CT molecular complexity index is 949. The number of hydrogen-bond donors (Lipinski definition) is 1. The van der Waals surface area contributed by atoms with Crippen LogP contribution < -0.4 is 5.32 Å². The summed E-state index contributed by atoms with van der Waals surface area (Å²) >= 11 is 0. The molecule has 0 aliphatic rings. The zero-order chi connectivity index (χ0) is 18.5. The van der Waals surface area contributed by atoms with Crippen molar-refractivity contribution in [3.05, 3.63) is 65.5 Å². The lowest BCUT2D eigenvalue weighted by molar-refractivity contribution is 0.0952. The zero-order valence-electron chi connectivity index (χ0n) is 15.1. The van der Waals surface area contributed by atoms with E-state index in [0.717, 1.165) is 35.4 Å². The third-order valence-electron chi connectivity index (χ3n) is 4.25. The fourth-order valence-electron chi connectivity index (χ4n) is 3.06. The van der Waals surface area contributed by atoms with Crippen LogP contribution in [-0.4, -0.2) is 32.5 Å². The van der Waals surface area contributed by atoms with Gasteiger partial charge in [0.25, 0.3) is 5.91 Å². The maximum atomic E-state index is 12.3. The highest BCUT2D eigenvalue weighted by Gasteiger charge is 2.08. The number of aromatic nitrogens is 2. The predicted octanol–water partition coefficient (Wildman–Crippen LogP) is 3.04. The van der Waals surface area contributed by atoms with E-state index in [1.54, 1.807) is 12.3 Å². The molecular weight excluding hydrogens is 346 g/mol. The molecule has 0 saturated carbocycles. The number of nitrogens with one attached hydrogen (secondary N) is 1. The van der Waals surface area contributed by atoms with Crippen molar-refractivity contribution in [2.75, 3.05) is 12.8 Å². The molecule has 0 bridgehead atoms. The number of imidazole rings is 1. The fourth-order valence-corrected chi connectivity index (χ4v) is 3.71. The monoisotopic (exact) mass is 369 g/mol. The first-order valence-electron chi connectivity index (χ1n) is 8.63. The van der Waals surface area contributed by atoms with Gasteiger partial charge in [-0.15, -0.1) is 0 Å². The first-order valence-corrected chi connectivity index (χ1v) is 10.4. The second kappa shape index (κ2) is 8.27. The van der Waals surface area contributed by atoms with Crippen LogP contribution in [0.3, 0.4) is 0 Å². The molecule has 1 heterocycles. The summed E-state index contributed by atoms with van der Waals surface area (Å²) in [6, 6.07) is 15.4. The van der Waals surface area contributed by atoms with Crippen LogP contribution in [0.5, 0.6) is 0 Å². The molecule has 6 heteroatoms. The van der Waals surface area contributed by atoms with Crippen LogP contribution in [0.15, 0.2) is 48.5 Å². The molecule has 2 aromatic carbocycles. The lowest BCUT2D eigenvalue weighted by atomic mass is 10.1. The molecule has 0 radical (unpaired) electrons. The maximum absolute atomic E-state index is 12.3. The van der Waals surface area contributed by atoms with Gasteiger partial charge in [-0.05, 0) is 43.2 Å². The molecule has 3 rings (SSSR count). The van der Waals surface area contributed by atoms with Crippen LogP contribution in [0.2, 0.25) is 0 Å². The number of fused-ring (bicyclic) bond motifs is 1. The predicted molar refractivity (Wildman–Crippen MR) is 106 cm³/mol. The third kappa shape index (κ3) is 4.38. The number of amides is 1. The van der Waals surface area contributed by atoms with Crippen LogP contribution in [0.1, 0.15) is 28.2 Å². The van der Waals surface area contributed by atoms with Gasteiger partial charge in [0.15, 0.2) is 0 Å². The van der Waals surface area contributed by atoms with Gasteiger partial charge in [0, 0.05) is 41.5 Å². The second-order valence-electron chi connectivity index (χ2n) is 6.33. The van der Waals surface area contributed by atoms with Crippen LogP contribution in [0.4, 0.5) is 0 Å². The molecule has 1 unspecified atom stereocenters. The molecule has 3 aromatic rings. The minimum Gasteiger partial charge on any atom is -0.352 e. The number of nitrogens with zero attached hydrogens (tertiary/aromatic N) is 2. The van der Waals surface area contributed by atoms with Gasteiger partial charge in [-0.2, -0.15) is 0 Å². The average Bonchev–Trinajstić information content (AvgIpc) is 2.93. The van der Waals surface area contributed by atoms with Crippen molar-refractivity contribution < 1.29 is 9.00 Å². The molecule has 0 fully saturated rings. The van der Waals surface area contributed by atoms with E-state index in [2.05, 4.69) is 20.9 Å². The molecule has 1 N–H and O–H groups in total. The highest BCUT2D eigenvalue weighted by atomic mass is 32.2. The molecule has 0 aliphatic heterocycles. The van der Waals surface area contributed by atoms with Crippen molar-refractivity contribution in [1.82, 2.24) is 14.9 Å². The van der Waals surface area contributed by atoms with E-state index in [1.807, 2.05) is 43.3 Å². The van der Waals surface area contributed by atoms with E-state index in [4.69, 9.17) is 0 Å². The molecule has 0 saturated heterocycles. The quantitative estimate of drug-likeness (QED) is 0.651. The van der Waals surface area contributed by atoms with Gasteiger partial charge in [-0.25, -0.2) is 4.98 Å². The highest BCUT2D eigenvalue weighted by molar-refractivity contribution is 7.83. The summed E-state index contributed by atoms with van der Waals surface area (Å²) in [5.74, 6) is 1.35. The Hall–Kier alpha value is -2.47. The summed E-state index contributed by atoms with van der Waals surface area (Å²) in [6.45, 7) is 3.40. The lowest BCUT2D eigenvalue weighted by Crippen LogP contribution is -2.25. The maximum Gasteiger partial charge on any atom is 0.251 e. The molecule has 5 nitrogen and oxygen atoms in total. The standard InChI is InChI=1S/C20H23N3O2S/c1-15-22-18-9-3-4-10-19(18)23(15)12-6-11-21-20(24)17-8-5-7-16(13-17)14-26(2)25/h3-5,7-10,13H,6,11-12,14H2,1-2H3,(H,21,24). The van der Waals surface area contributed by atoms with Crippen LogP contribution >= 0.6 is 0 Å². The minimum atomic E-state index is -0.916. The SMILES string of the molecule is Cc1nc2ccccc2n1CCCNC(=O)c1cccc(CS(C)=O)c1. The van der Waals surface area contributed by atoms with Crippen LogP contribution in [0.25, 0.3) is 11.0 Å². The van der Waals surface area contributed by atoms with Gasteiger partial charge < -0.3 is 9.88 Å². The van der Waals surface area contributed by atoms with E-state index in [9.17, 15) is 9.00 Å². The number of aryl methyl sites for hydroxylation is 2. The van der Waals surface area contributed by atoms with E-state index >= 15 is 0 Å². The van der Waals surface area contributed by atoms with Gasteiger partial charge >= 0.3 is 0 Å². The summed E-state index contributed by atoms with van der Waals surface area (Å²) in [5.41, 5.74) is 3.65. The van der Waals surface area contributed by atoms with Crippen molar-refractivity contribution in [2.24, 2.45) is 0 Å². The van der Waals surface area contributed by atoms with Crippen LogP contribution in [0, 0.1) is 6.92 Å². The number of carbonyl (C=O) groups is 1. The third-order valence-corrected chi connectivity index (χ3v) is 4.99. The number of carbonyl (C=O) groups excluding carboxylic acids is 1. The highest BCUT2D eigenvalue weighted by Crippen LogP contribution is 2.15. The molecule has 0 aliphatic carbocycles. The van der Waals surface area contributed by atoms with E-state index < -0.39 is 10.8 Å². The Balaban J connectivity index is 1.55. The molecule has 0 spiro atoms. The molecule has 26 heavy (non-hydrogen) atoms. The Labute approximate surface area is 155 Å². The summed E-state index contributed by atoms with van der Waals surface area (Å²) in [6.07, 6.45) is 2.49. The van der Waals surface area contributed by atoms with Gasteiger partial charge in [-0.3, -0.25) is 9.00 Å². The molecule has 1 atom stereocenters. The second-order valence-corrected chi connectivity index (χ2v) is 7.76. The minimum absolute atomic E-state index is 0.0963. The van der Waals surface area contributed by atoms with Gasteiger partial charge in [0.2, 0.25) is 0 Å². The Morgan fingerprint density at radius 2 is 2.00 bits per heavy atom. The number of para-hydroxylation sites is 2. The summed E-state index contributed by atoms with van der Waals surface area (Å²) < 4.78 is 13.5. The average molecular weight is 369 g/mol. The first-order chi connectivity index (χ1) is 12.5.